The van der Waals surface area contributed by atoms with Crippen molar-refractivity contribution < 1.29 is 14.4 Å². The second-order valence-corrected chi connectivity index (χ2v) is 9.66. The molecule has 3 rings (SSSR count). The van der Waals surface area contributed by atoms with Crippen LogP contribution in [-0.4, -0.2) is 23.8 Å². The van der Waals surface area contributed by atoms with E-state index < -0.39 is 16.2 Å². The van der Waals surface area contributed by atoms with Gasteiger partial charge in [0.15, 0.2) is 0 Å². The predicted molar refractivity (Wildman–Crippen MR) is 95.5 cm³/mol. The highest BCUT2D eigenvalue weighted by atomic mass is 16.2. The molecule has 0 aromatic carbocycles. The molecular formula is C20H32N2O3. The highest BCUT2D eigenvalue weighted by Gasteiger charge is 2.60. The van der Waals surface area contributed by atoms with Gasteiger partial charge in [0.05, 0.1) is 0 Å². The Hall–Kier alpha value is -1.39. The Kier molecular flexibility index (Phi) is 4.49. The van der Waals surface area contributed by atoms with Crippen molar-refractivity contribution in [2.24, 2.45) is 22.2 Å². The molecule has 3 amide bonds. The van der Waals surface area contributed by atoms with Crippen molar-refractivity contribution in [3.63, 3.8) is 0 Å². The number of carbonyl (C=O) groups is 3. The highest BCUT2D eigenvalue weighted by Crippen LogP contribution is 2.56. The van der Waals surface area contributed by atoms with Crippen LogP contribution in [-0.2, 0) is 14.4 Å². The fourth-order valence-electron chi connectivity index (χ4n) is 5.79. The molecule has 2 N–H and O–H groups in total. The molecule has 140 valence electrons. The largest absolute Gasteiger partial charge is 0.353 e. The molecule has 1 aliphatic heterocycles. The van der Waals surface area contributed by atoms with Crippen molar-refractivity contribution in [2.45, 2.75) is 85.1 Å². The Morgan fingerprint density at radius 1 is 1.00 bits per heavy atom. The van der Waals surface area contributed by atoms with E-state index in [1.165, 1.54) is 32.1 Å². The number of carbonyl (C=O) groups excluding carboxylic acids is 3. The van der Waals surface area contributed by atoms with Gasteiger partial charge in [-0.25, -0.2) is 0 Å². The molecule has 2 aliphatic carbocycles. The Labute approximate surface area is 150 Å². The summed E-state index contributed by atoms with van der Waals surface area (Å²) >= 11 is 0. The van der Waals surface area contributed by atoms with Crippen LogP contribution in [0.2, 0.25) is 0 Å². The molecule has 3 atom stereocenters. The number of nitrogens with one attached hydrogen (secondary N) is 2. The summed E-state index contributed by atoms with van der Waals surface area (Å²) in [5.74, 6) is 0.0915. The molecule has 0 spiro atoms. The van der Waals surface area contributed by atoms with Crippen molar-refractivity contribution >= 4 is 17.7 Å². The normalized spacial score (nSPS) is 40.3. The maximum Gasteiger partial charge on any atom is 0.232 e. The SMILES string of the molecule is C[C@@H](NC(=O)C1(C)CC2(C)CC(C)(C1)C(=O)NC2=O)C1CCCCC1. The van der Waals surface area contributed by atoms with E-state index in [1.54, 1.807) is 0 Å². The zero-order valence-electron chi connectivity index (χ0n) is 16.0. The molecule has 5 heteroatoms. The first-order chi connectivity index (χ1) is 11.6. The summed E-state index contributed by atoms with van der Waals surface area (Å²) in [7, 11) is 0. The Morgan fingerprint density at radius 2 is 1.52 bits per heavy atom. The van der Waals surface area contributed by atoms with Crippen LogP contribution >= 0.6 is 0 Å². The third kappa shape index (κ3) is 3.22. The van der Waals surface area contributed by atoms with Crippen LogP contribution in [0.25, 0.3) is 0 Å². The lowest BCUT2D eigenvalue weighted by Crippen LogP contribution is -2.64. The van der Waals surface area contributed by atoms with Gasteiger partial charge in [0.25, 0.3) is 0 Å². The number of hydrogen-bond acceptors (Lipinski definition) is 3. The van der Waals surface area contributed by atoms with Gasteiger partial charge in [-0.15, -0.1) is 0 Å². The molecule has 2 bridgehead atoms. The smallest absolute Gasteiger partial charge is 0.232 e. The minimum Gasteiger partial charge on any atom is -0.353 e. The second kappa shape index (κ2) is 6.10. The summed E-state index contributed by atoms with van der Waals surface area (Å²) < 4.78 is 0. The summed E-state index contributed by atoms with van der Waals surface area (Å²) in [5, 5.41) is 5.75. The van der Waals surface area contributed by atoms with Gasteiger partial charge in [-0.2, -0.15) is 0 Å². The van der Waals surface area contributed by atoms with E-state index in [9.17, 15) is 14.4 Å². The monoisotopic (exact) mass is 348 g/mol. The summed E-state index contributed by atoms with van der Waals surface area (Å²) in [4.78, 5) is 37.9. The van der Waals surface area contributed by atoms with Gasteiger partial charge in [-0.1, -0.05) is 40.0 Å². The van der Waals surface area contributed by atoms with Gasteiger partial charge < -0.3 is 5.32 Å². The van der Waals surface area contributed by atoms with E-state index in [-0.39, 0.29) is 23.8 Å². The van der Waals surface area contributed by atoms with Crippen LogP contribution in [0.1, 0.15) is 79.1 Å². The van der Waals surface area contributed by atoms with Gasteiger partial charge in [0.1, 0.15) is 0 Å². The number of rotatable bonds is 3. The molecule has 1 heterocycles. The average Bonchev–Trinajstić information content (AvgIpc) is 2.53. The molecule has 0 aromatic heterocycles. The van der Waals surface area contributed by atoms with E-state index in [0.29, 0.717) is 25.2 Å². The minimum atomic E-state index is -0.682. The van der Waals surface area contributed by atoms with Crippen LogP contribution in [0.5, 0.6) is 0 Å². The standard InChI is InChI=1S/C20H32N2O3/c1-13(14-8-6-5-7-9-14)21-15(23)18(2)10-19(3)12-20(4,11-18)17(25)22-16(19)24/h13-14H,5-12H2,1-4H3,(H,21,23)(H,22,24,25)/t13-,18?,19?,20?/m1/s1. The molecule has 3 aliphatic rings. The highest BCUT2D eigenvalue weighted by molar-refractivity contribution is 6.04. The Morgan fingerprint density at radius 3 is 2.04 bits per heavy atom. The third-order valence-electron chi connectivity index (χ3n) is 6.93. The zero-order chi connectivity index (χ0) is 18.5. The maximum absolute atomic E-state index is 13.1. The van der Waals surface area contributed by atoms with E-state index >= 15 is 0 Å². The van der Waals surface area contributed by atoms with E-state index in [0.717, 1.165) is 0 Å². The van der Waals surface area contributed by atoms with Gasteiger partial charge >= 0.3 is 0 Å². The summed E-state index contributed by atoms with van der Waals surface area (Å²) in [6, 6.07) is 0.150. The van der Waals surface area contributed by atoms with Crippen molar-refractivity contribution in [1.82, 2.24) is 10.6 Å². The van der Waals surface area contributed by atoms with Crippen LogP contribution in [0, 0.1) is 22.2 Å². The third-order valence-corrected chi connectivity index (χ3v) is 6.93. The van der Waals surface area contributed by atoms with Crippen LogP contribution < -0.4 is 10.6 Å². The van der Waals surface area contributed by atoms with E-state index in [1.807, 2.05) is 20.8 Å². The average molecular weight is 348 g/mol. The molecule has 0 radical (unpaired) electrons. The summed E-state index contributed by atoms with van der Waals surface area (Å²) in [6.45, 7) is 7.81. The lowest BCUT2D eigenvalue weighted by Gasteiger charge is -2.53. The number of hydrogen-bond donors (Lipinski definition) is 2. The number of amides is 3. The second-order valence-electron chi connectivity index (χ2n) is 9.66. The first-order valence-corrected chi connectivity index (χ1v) is 9.75. The number of imide groups is 1. The Bertz CT molecular complexity index is 568. The quantitative estimate of drug-likeness (QED) is 0.770. The number of piperidine rings is 1. The molecule has 0 aromatic rings. The van der Waals surface area contributed by atoms with Crippen LogP contribution in [0.3, 0.4) is 0 Å². The zero-order valence-corrected chi connectivity index (χ0v) is 16.0. The molecule has 5 nitrogen and oxygen atoms in total. The van der Waals surface area contributed by atoms with Crippen molar-refractivity contribution in [3.05, 3.63) is 0 Å². The fourth-order valence-corrected chi connectivity index (χ4v) is 5.79. The van der Waals surface area contributed by atoms with Crippen molar-refractivity contribution in [3.8, 4) is 0 Å². The topological polar surface area (TPSA) is 75.3 Å². The van der Waals surface area contributed by atoms with Crippen LogP contribution in [0.4, 0.5) is 0 Å². The van der Waals surface area contributed by atoms with Crippen molar-refractivity contribution in [2.75, 3.05) is 0 Å². The van der Waals surface area contributed by atoms with Gasteiger partial charge in [0, 0.05) is 22.3 Å². The van der Waals surface area contributed by atoms with Crippen LogP contribution in [0.15, 0.2) is 0 Å². The molecule has 1 saturated heterocycles. The van der Waals surface area contributed by atoms with Gasteiger partial charge in [-0.05, 0) is 44.9 Å². The molecule has 3 fully saturated rings. The van der Waals surface area contributed by atoms with Gasteiger partial charge in [-0.3, -0.25) is 19.7 Å². The molecular weight excluding hydrogens is 316 g/mol. The lowest BCUT2D eigenvalue weighted by molar-refractivity contribution is -0.164. The first kappa shape index (κ1) is 18.4. The molecule has 2 saturated carbocycles. The minimum absolute atomic E-state index is 0.00484. The predicted octanol–water partition coefficient (Wildman–Crippen LogP) is 2.93. The number of fused-ring (bicyclic) bond motifs is 2. The lowest BCUT2D eigenvalue weighted by atomic mass is 9.52. The molecule has 25 heavy (non-hydrogen) atoms. The first-order valence-electron chi connectivity index (χ1n) is 9.75. The summed E-state index contributed by atoms with van der Waals surface area (Å²) in [5.41, 5.74) is -1.99. The van der Waals surface area contributed by atoms with Crippen molar-refractivity contribution in [1.29, 1.82) is 0 Å². The van der Waals surface area contributed by atoms with Gasteiger partial charge in [0.2, 0.25) is 17.7 Å². The maximum atomic E-state index is 13.1. The molecule has 2 unspecified atom stereocenters. The Balaban J connectivity index is 1.77. The van der Waals surface area contributed by atoms with E-state index in [4.69, 9.17) is 0 Å². The fraction of sp³-hybridized carbons (Fsp3) is 0.850. The summed E-state index contributed by atoms with van der Waals surface area (Å²) in [6.07, 6.45) is 7.66. The van der Waals surface area contributed by atoms with E-state index in [2.05, 4.69) is 17.6 Å².